The minimum Gasteiger partial charge on any atom is -0.480 e. The number of anilines is 1. The van der Waals surface area contributed by atoms with Gasteiger partial charge in [0.15, 0.2) is 0 Å². The van der Waals surface area contributed by atoms with Crippen LogP contribution in [-0.4, -0.2) is 23.5 Å². The zero-order valence-corrected chi connectivity index (χ0v) is 10.3. The Bertz CT molecular complexity index is 493. The number of aliphatic carboxylic acids is 1. The molecular formula is C13H14N2O3. The summed E-state index contributed by atoms with van der Waals surface area (Å²) in [5, 5.41) is 18.0. The number of para-hydroxylation sites is 1. The van der Waals surface area contributed by atoms with Crippen LogP contribution in [0.4, 0.5) is 5.69 Å². The van der Waals surface area contributed by atoms with Crippen LogP contribution in [0.1, 0.15) is 13.8 Å². The highest BCUT2D eigenvalue weighted by molar-refractivity contribution is 6.11. The number of nitriles is 1. The molecule has 1 aromatic rings. The molecule has 0 bridgehead atoms. The van der Waals surface area contributed by atoms with Crippen molar-refractivity contribution in [3.05, 3.63) is 30.3 Å². The molecule has 1 rings (SSSR count). The van der Waals surface area contributed by atoms with Crippen molar-refractivity contribution >= 4 is 17.6 Å². The van der Waals surface area contributed by atoms with Crippen molar-refractivity contribution in [1.29, 1.82) is 5.26 Å². The lowest BCUT2D eigenvalue weighted by molar-refractivity contribution is -0.149. The number of carboxylic acids is 1. The van der Waals surface area contributed by atoms with Gasteiger partial charge in [-0.15, -0.1) is 0 Å². The summed E-state index contributed by atoms with van der Waals surface area (Å²) in [5.41, 5.74) is -1.49. The van der Waals surface area contributed by atoms with E-state index in [1.807, 2.05) is 0 Å². The lowest BCUT2D eigenvalue weighted by Crippen LogP contribution is -2.46. The molecule has 18 heavy (non-hydrogen) atoms. The molecule has 0 aliphatic heterocycles. The molecule has 1 unspecified atom stereocenters. The molecule has 0 radical (unpaired) electrons. The maximum atomic E-state index is 12.2. The van der Waals surface area contributed by atoms with Crippen LogP contribution in [0.5, 0.6) is 0 Å². The Morgan fingerprint density at radius 1 is 1.39 bits per heavy atom. The van der Waals surface area contributed by atoms with Crippen molar-refractivity contribution in [2.45, 2.75) is 13.8 Å². The summed E-state index contributed by atoms with van der Waals surface area (Å²) in [5.74, 6) is -2.17. The van der Waals surface area contributed by atoms with Gasteiger partial charge in [-0.3, -0.25) is 4.79 Å². The molecule has 0 aromatic heterocycles. The largest absolute Gasteiger partial charge is 0.480 e. The smallest absolute Gasteiger partial charge is 0.333 e. The topological polar surface area (TPSA) is 81.4 Å². The zero-order chi connectivity index (χ0) is 13.8. The fourth-order valence-corrected chi connectivity index (χ4v) is 1.51. The van der Waals surface area contributed by atoms with Crippen LogP contribution in [0, 0.1) is 16.7 Å². The summed E-state index contributed by atoms with van der Waals surface area (Å²) in [6.07, 6.45) is 0. The second kappa shape index (κ2) is 5.32. The highest BCUT2D eigenvalue weighted by Crippen LogP contribution is 2.23. The summed E-state index contributed by atoms with van der Waals surface area (Å²) in [7, 11) is 0. The third-order valence-corrected chi connectivity index (χ3v) is 2.71. The van der Waals surface area contributed by atoms with E-state index in [0.717, 1.165) is 6.92 Å². The monoisotopic (exact) mass is 246 g/mol. The first-order chi connectivity index (χ1) is 8.47. The van der Waals surface area contributed by atoms with Gasteiger partial charge in [-0.1, -0.05) is 18.2 Å². The van der Waals surface area contributed by atoms with Gasteiger partial charge < -0.3 is 10.0 Å². The average Bonchev–Trinajstić information content (AvgIpc) is 2.39. The summed E-state index contributed by atoms with van der Waals surface area (Å²) in [6.45, 7) is 3.14. The Morgan fingerprint density at radius 3 is 2.33 bits per heavy atom. The minimum absolute atomic E-state index is 0.299. The lowest BCUT2D eigenvalue weighted by Gasteiger charge is -2.26. The number of nitrogens with zero attached hydrogens (tertiary/aromatic N) is 2. The highest BCUT2D eigenvalue weighted by Gasteiger charge is 2.44. The third-order valence-electron chi connectivity index (χ3n) is 2.71. The second-order valence-electron chi connectivity index (χ2n) is 3.93. The molecule has 94 valence electrons. The Hall–Kier alpha value is -2.35. The van der Waals surface area contributed by atoms with Crippen LogP contribution in [0.3, 0.4) is 0 Å². The number of amides is 1. The lowest BCUT2D eigenvalue weighted by atomic mass is 9.90. The first-order valence-electron chi connectivity index (χ1n) is 5.49. The summed E-state index contributed by atoms with van der Waals surface area (Å²) < 4.78 is 0. The summed E-state index contributed by atoms with van der Waals surface area (Å²) >= 11 is 0. The quantitative estimate of drug-likeness (QED) is 0.819. The molecule has 5 heteroatoms. The first-order valence-corrected chi connectivity index (χ1v) is 5.49. The molecule has 0 saturated heterocycles. The minimum atomic E-state index is -2.06. The van der Waals surface area contributed by atoms with Gasteiger partial charge in [-0.2, -0.15) is 5.26 Å². The van der Waals surface area contributed by atoms with Gasteiger partial charge >= 0.3 is 5.97 Å². The van der Waals surface area contributed by atoms with Crippen LogP contribution < -0.4 is 4.90 Å². The predicted octanol–water partition coefficient (Wildman–Crippen LogP) is 1.65. The van der Waals surface area contributed by atoms with E-state index in [1.54, 1.807) is 43.3 Å². The van der Waals surface area contributed by atoms with E-state index < -0.39 is 17.3 Å². The number of rotatable bonds is 4. The molecule has 0 spiro atoms. The maximum Gasteiger partial charge on any atom is 0.333 e. The Balaban J connectivity index is 3.16. The van der Waals surface area contributed by atoms with Crippen molar-refractivity contribution in [3.8, 4) is 6.07 Å². The van der Waals surface area contributed by atoms with Crippen molar-refractivity contribution < 1.29 is 14.7 Å². The van der Waals surface area contributed by atoms with E-state index in [9.17, 15) is 9.59 Å². The summed E-state index contributed by atoms with van der Waals surface area (Å²) in [6, 6.07) is 10.2. The van der Waals surface area contributed by atoms with Crippen molar-refractivity contribution in [3.63, 3.8) is 0 Å². The Labute approximate surface area is 105 Å². The van der Waals surface area contributed by atoms with E-state index in [4.69, 9.17) is 10.4 Å². The summed E-state index contributed by atoms with van der Waals surface area (Å²) in [4.78, 5) is 24.6. The number of hydrogen-bond donors (Lipinski definition) is 1. The number of carboxylic acid groups (broad SMARTS) is 1. The molecule has 5 nitrogen and oxygen atoms in total. The van der Waals surface area contributed by atoms with E-state index in [0.29, 0.717) is 12.2 Å². The fraction of sp³-hybridized carbons (Fsp3) is 0.308. The average molecular weight is 246 g/mol. The van der Waals surface area contributed by atoms with Crippen LogP contribution in [0.25, 0.3) is 0 Å². The number of carbonyl (C=O) groups is 2. The molecule has 0 saturated carbocycles. The SMILES string of the molecule is CCN(C(=O)C(C)(C#N)C(=O)O)c1ccccc1. The molecule has 0 fully saturated rings. The fourth-order valence-electron chi connectivity index (χ4n) is 1.51. The van der Waals surface area contributed by atoms with Gasteiger partial charge in [0.25, 0.3) is 5.91 Å². The van der Waals surface area contributed by atoms with Gasteiger partial charge in [-0.25, -0.2) is 4.79 Å². The predicted molar refractivity (Wildman–Crippen MR) is 65.8 cm³/mol. The van der Waals surface area contributed by atoms with Crippen LogP contribution in [0.2, 0.25) is 0 Å². The number of carbonyl (C=O) groups excluding carboxylic acids is 1. The van der Waals surface area contributed by atoms with Gasteiger partial charge in [0, 0.05) is 12.2 Å². The van der Waals surface area contributed by atoms with Crippen LogP contribution in [0.15, 0.2) is 30.3 Å². The van der Waals surface area contributed by atoms with Crippen molar-refractivity contribution in [2.24, 2.45) is 5.41 Å². The molecule has 1 N–H and O–H groups in total. The normalized spacial score (nSPS) is 13.2. The Morgan fingerprint density at radius 2 is 1.94 bits per heavy atom. The molecule has 0 heterocycles. The van der Waals surface area contributed by atoms with E-state index in [1.165, 1.54) is 4.90 Å². The molecule has 0 aliphatic rings. The van der Waals surface area contributed by atoms with E-state index >= 15 is 0 Å². The van der Waals surface area contributed by atoms with Crippen molar-refractivity contribution in [1.82, 2.24) is 0 Å². The van der Waals surface area contributed by atoms with Gasteiger partial charge in [0.1, 0.15) is 0 Å². The highest BCUT2D eigenvalue weighted by atomic mass is 16.4. The van der Waals surface area contributed by atoms with E-state index in [-0.39, 0.29) is 0 Å². The molecule has 0 aliphatic carbocycles. The van der Waals surface area contributed by atoms with Crippen LogP contribution in [-0.2, 0) is 9.59 Å². The molecule has 1 atom stereocenters. The first kappa shape index (κ1) is 13.7. The standard InChI is InChI=1S/C13H14N2O3/c1-3-15(10-7-5-4-6-8-10)11(16)13(2,9-14)12(17)18/h4-8H,3H2,1-2H3,(H,17,18). The van der Waals surface area contributed by atoms with Crippen molar-refractivity contribution in [2.75, 3.05) is 11.4 Å². The zero-order valence-electron chi connectivity index (χ0n) is 10.3. The molecule has 1 aromatic carbocycles. The molecular weight excluding hydrogens is 232 g/mol. The maximum absolute atomic E-state index is 12.2. The molecule has 1 amide bonds. The van der Waals surface area contributed by atoms with Gasteiger partial charge in [0.05, 0.1) is 6.07 Å². The van der Waals surface area contributed by atoms with E-state index in [2.05, 4.69) is 0 Å². The third kappa shape index (κ3) is 2.33. The second-order valence-corrected chi connectivity index (χ2v) is 3.93. The Kier molecular flexibility index (Phi) is 4.05. The number of hydrogen-bond acceptors (Lipinski definition) is 3. The number of benzene rings is 1. The van der Waals surface area contributed by atoms with Gasteiger partial charge in [0.2, 0.25) is 5.41 Å². The van der Waals surface area contributed by atoms with Crippen LogP contribution >= 0.6 is 0 Å². The van der Waals surface area contributed by atoms with Gasteiger partial charge in [-0.05, 0) is 26.0 Å².